The van der Waals surface area contributed by atoms with Crippen LogP contribution in [0.1, 0.15) is 57.6 Å². The van der Waals surface area contributed by atoms with E-state index in [1.54, 1.807) is 0 Å². The quantitative estimate of drug-likeness (QED) is 0.580. The molecule has 2 rings (SSSR count). The van der Waals surface area contributed by atoms with E-state index in [4.69, 9.17) is 0 Å². The maximum atomic E-state index is 3.81. The molecule has 0 heterocycles. The van der Waals surface area contributed by atoms with Crippen LogP contribution in [0.15, 0.2) is 24.3 Å². The number of hydrogen-bond donors (Lipinski definition) is 0. The van der Waals surface area contributed by atoms with Gasteiger partial charge < -0.3 is 0 Å². The lowest BCUT2D eigenvalue weighted by Crippen LogP contribution is -2.35. The molecule has 1 fully saturated rings. The summed E-state index contributed by atoms with van der Waals surface area (Å²) in [6.45, 7) is 9.37. The summed E-state index contributed by atoms with van der Waals surface area (Å²) in [4.78, 5) is 0. The first-order valence-corrected chi connectivity index (χ1v) is 9.08. The van der Waals surface area contributed by atoms with E-state index in [-0.39, 0.29) is 0 Å². The van der Waals surface area contributed by atoms with Gasteiger partial charge in [0.05, 0.1) is 0 Å². The van der Waals surface area contributed by atoms with Crippen LogP contribution in [0.4, 0.5) is 0 Å². The summed E-state index contributed by atoms with van der Waals surface area (Å²) >= 11 is 3.81. The third-order valence-electron chi connectivity index (χ3n) is 5.25. The highest BCUT2D eigenvalue weighted by atomic mass is 79.9. The molecule has 0 aliphatic heterocycles. The van der Waals surface area contributed by atoms with E-state index < -0.39 is 0 Å². The lowest BCUT2D eigenvalue weighted by Gasteiger charge is -2.43. The minimum Gasteiger partial charge on any atom is -0.0922 e. The molecule has 20 heavy (non-hydrogen) atoms. The van der Waals surface area contributed by atoms with E-state index in [0.29, 0.717) is 10.8 Å². The highest BCUT2D eigenvalue weighted by molar-refractivity contribution is 9.09. The molecular weight excluding hydrogens is 308 g/mol. The number of alkyl halides is 1. The van der Waals surface area contributed by atoms with Crippen molar-refractivity contribution in [3.8, 4) is 0 Å². The van der Waals surface area contributed by atoms with Gasteiger partial charge in [-0.15, -0.1) is 0 Å². The van der Waals surface area contributed by atoms with Gasteiger partial charge in [-0.2, -0.15) is 0 Å². The molecule has 1 heteroatoms. The van der Waals surface area contributed by atoms with Crippen molar-refractivity contribution < 1.29 is 0 Å². The zero-order valence-corrected chi connectivity index (χ0v) is 15.1. The maximum absolute atomic E-state index is 3.81. The Bertz CT molecular complexity index is 416. The molecule has 112 valence electrons. The molecule has 0 N–H and O–H groups in total. The van der Waals surface area contributed by atoms with Crippen molar-refractivity contribution in [2.24, 2.45) is 16.7 Å². The van der Waals surface area contributed by atoms with Crippen LogP contribution in [0, 0.1) is 23.7 Å². The van der Waals surface area contributed by atoms with Crippen molar-refractivity contribution >= 4 is 15.9 Å². The zero-order valence-electron chi connectivity index (χ0n) is 13.5. The van der Waals surface area contributed by atoms with E-state index in [2.05, 4.69) is 67.9 Å². The SMILES string of the molecule is Cc1ccc(CC2(CBr)CCC(C(C)(C)C)CC2)cc1. The monoisotopic (exact) mass is 336 g/mol. The zero-order chi connectivity index (χ0) is 14.8. The van der Waals surface area contributed by atoms with Crippen LogP contribution in [0.5, 0.6) is 0 Å². The van der Waals surface area contributed by atoms with Crippen LogP contribution < -0.4 is 0 Å². The van der Waals surface area contributed by atoms with Gasteiger partial charge in [0.2, 0.25) is 0 Å². The smallest absolute Gasteiger partial charge is 0.00911 e. The predicted octanol–water partition coefficient (Wildman–Crippen LogP) is 6.16. The second kappa shape index (κ2) is 6.22. The largest absolute Gasteiger partial charge is 0.0922 e. The van der Waals surface area contributed by atoms with Crippen LogP contribution in [-0.4, -0.2) is 5.33 Å². The molecule has 0 unspecified atom stereocenters. The Labute approximate surface area is 133 Å². The van der Waals surface area contributed by atoms with E-state index in [0.717, 1.165) is 11.2 Å². The van der Waals surface area contributed by atoms with Crippen LogP contribution in [0.2, 0.25) is 0 Å². The first-order chi connectivity index (χ1) is 9.35. The first kappa shape index (κ1) is 16.1. The van der Waals surface area contributed by atoms with E-state index in [9.17, 15) is 0 Å². The lowest BCUT2D eigenvalue weighted by atomic mass is 9.63. The Morgan fingerprint density at radius 2 is 1.65 bits per heavy atom. The molecule has 0 nitrogen and oxygen atoms in total. The summed E-state index contributed by atoms with van der Waals surface area (Å²) in [5.74, 6) is 0.896. The number of hydrogen-bond acceptors (Lipinski definition) is 0. The molecule has 1 aromatic carbocycles. The average Bonchev–Trinajstić information content (AvgIpc) is 2.41. The van der Waals surface area contributed by atoms with Crippen LogP contribution in [0.25, 0.3) is 0 Å². The molecule has 0 atom stereocenters. The molecular formula is C19H29Br. The van der Waals surface area contributed by atoms with Gasteiger partial charge in [-0.25, -0.2) is 0 Å². The summed E-state index contributed by atoms with van der Waals surface area (Å²) in [5, 5.41) is 1.14. The molecule has 1 aliphatic carbocycles. The van der Waals surface area contributed by atoms with Crippen molar-refractivity contribution in [2.75, 3.05) is 5.33 Å². The molecule has 1 aliphatic rings. The van der Waals surface area contributed by atoms with Gasteiger partial charge in [0.15, 0.2) is 0 Å². The van der Waals surface area contributed by atoms with Crippen molar-refractivity contribution in [3.63, 3.8) is 0 Å². The molecule has 0 spiro atoms. The number of aryl methyl sites for hydroxylation is 1. The Kier molecular flexibility index (Phi) is 5.00. The molecule has 1 aromatic rings. The second-order valence-electron chi connectivity index (χ2n) is 7.94. The normalized spacial score (nSPS) is 27.6. The molecule has 0 amide bonds. The molecule has 0 bridgehead atoms. The van der Waals surface area contributed by atoms with Gasteiger partial charge in [-0.1, -0.05) is 66.5 Å². The fourth-order valence-electron chi connectivity index (χ4n) is 3.59. The van der Waals surface area contributed by atoms with E-state index in [1.165, 1.54) is 43.2 Å². The van der Waals surface area contributed by atoms with Gasteiger partial charge >= 0.3 is 0 Å². The maximum Gasteiger partial charge on any atom is 0.00911 e. The number of rotatable bonds is 3. The van der Waals surface area contributed by atoms with Crippen LogP contribution >= 0.6 is 15.9 Å². The standard InChI is InChI=1S/C19H29Br/c1-15-5-7-16(8-6-15)13-19(14-20)11-9-17(10-12-19)18(2,3)4/h5-8,17H,9-14H2,1-4H3. The van der Waals surface area contributed by atoms with Gasteiger partial charge in [0.25, 0.3) is 0 Å². The second-order valence-corrected chi connectivity index (χ2v) is 8.50. The average molecular weight is 337 g/mol. The van der Waals surface area contributed by atoms with Gasteiger partial charge in [0, 0.05) is 5.33 Å². The Hall–Kier alpha value is -0.300. The van der Waals surface area contributed by atoms with Crippen LogP contribution in [-0.2, 0) is 6.42 Å². The van der Waals surface area contributed by atoms with E-state index in [1.807, 2.05) is 0 Å². The van der Waals surface area contributed by atoms with Crippen molar-refractivity contribution in [1.82, 2.24) is 0 Å². The van der Waals surface area contributed by atoms with Crippen molar-refractivity contribution in [1.29, 1.82) is 0 Å². The Morgan fingerprint density at radius 3 is 2.10 bits per heavy atom. The Morgan fingerprint density at radius 1 is 1.10 bits per heavy atom. The number of benzene rings is 1. The van der Waals surface area contributed by atoms with E-state index >= 15 is 0 Å². The summed E-state index contributed by atoms with van der Waals surface area (Å²) < 4.78 is 0. The highest BCUT2D eigenvalue weighted by Gasteiger charge is 2.38. The van der Waals surface area contributed by atoms with Gasteiger partial charge in [0.1, 0.15) is 0 Å². The molecule has 0 radical (unpaired) electrons. The van der Waals surface area contributed by atoms with Gasteiger partial charge in [-0.05, 0) is 61.3 Å². The third-order valence-corrected chi connectivity index (χ3v) is 6.44. The summed E-state index contributed by atoms with van der Waals surface area (Å²) in [6, 6.07) is 9.13. The topological polar surface area (TPSA) is 0 Å². The molecule has 0 saturated heterocycles. The number of halogens is 1. The minimum atomic E-state index is 0.475. The molecule has 0 aromatic heterocycles. The van der Waals surface area contributed by atoms with Crippen molar-refractivity contribution in [2.45, 2.75) is 59.8 Å². The minimum absolute atomic E-state index is 0.475. The van der Waals surface area contributed by atoms with Crippen LogP contribution in [0.3, 0.4) is 0 Å². The summed E-state index contributed by atoms with van der Waals surface area (Å²) in [5.41, 5.74) is 3.82. The Balaban J connectivity index is 2.03. The molecule has 1 saturated carbocycles. The van der Waals surface area contributed by atoms with Crippen molar-refractivity contribution in [3.05, 3.63) is 35.4 Å². The highest BCUT2D eigenvalue weighted by Crippen LogP contribution is 2.47. The fourth-order valence-corrected chi connectivity index (χ4v) is 4.35. The first-order valence-electron chi connectivity index (χ1n) is 7.96. The lowest BCUT2D eigenvalue weighted by molar-refractivity contribution is 0.103. The third kappa shape index (κ3) is 3.87. The predicted molar refractivity (Wildman–Crippen MR) is 92.5 cm³/mol. The summed E-state index contributed by atoms with van der Waals surface area (Å²) in [7, 11) is 0. The summed E-state index contributed by atoms with van der Waals surface area (Å²) in [6.07, 6.45) is 6.75. The fraction of sp³-hybridized carbons (Fsp3) is 0.684. The van der Waals surface area contributed by atoms with Gasteiger partial charge in [-0.3, -0.25) is 0 Å².